The molecule has 3 atom stereocenters. The van der Waals surface area contributed by atoms with Gasteiger partial charge in [0.15, 0.2) is 5.75 Å². The maximum atomic E-state index is 14.5. The molecule has 3 aromatic rings. The average Bonchev–Trinajstić information content (AvgIpc) is 3.47. The Kier molecular flexibility index (Phi) is 4.55. The molecular formula is C23H24FN7O. The van der Waals surface area contributed by atoms with E-state index in [0.29, 0.717) is 30.1 Å². The Balaban J connectivity index is 1.46. The first-order valence-electron chi connectivity index (χ1n) is 11.0. The fourth-order valence-corrected chi connectivity index (χ4v) is 5.19. The maximum absolute atomic E-state index is 14.5. The normalized spacial score (nSPS) is 23.0. The first-order chi connectivity index (χ1) is 15.6. The lowest BCUT2D eigenvalue weighted by atomic mass is 9.99. The van der Waals surface area contributed by atoms with Crippen LogP contribution in [0, 0.1) is 12.7 Å². The Morgan fingerprint density at radius 2 is 2.00 bits per heavy atom. The number of fused-ring (bicyclic) bond motifs is 4. The van der Waals surface area contributed by atoms with Crippen LogP contribution in [-0.2, 0) is 6.42 Å². The number of rotatable bonds is 4. The van der Waals surface area contributed by atoms with Gasteiger partial charge in [-0.25, -0.2) is 14.4 Å². The van der Waals surface area contributed by atoms with Crippen molar-refractivity contribution in [3.8, 4) is 22.9 Å². The molecule has 9 heteroatoms. The number of nitrogens with zero attached hydrogens (tertiary/aromatic N) is 4. The smallest absolute Gasteiger partial charge is 0.322 e. The highest BCUT2D eigenvalue weighted by Crippen LogP contribution is 2.45. The standard InChI is InChI=1S/C23H24FN7O/c1-11-27-9-13(10-28-11)32-23-30-19-7-14-15(5-12(24)6-17(14)25-2)21(19)22(31-23)20-8-18-16(29-20)3-4-26-18/h5-6,9-10,16,18,20,25-26,29H,3-4,7-8H2,1-2H3/t16-,18-,20?/m0/s1. The van der Waals surface area contributed by atoms with Crippen LogP contribution < -0.4 is 20.7 Å². The van der Waals surface area contributed by atoms with Crippen molar-refractivity contribution >= 4 is 5.69 Å². The molecule has 1 aromatic carbocycles. The molecule has 2 saturated heterocycles. The largest absolute Gasteiger partial charge is 0.421 e. The number of benzene rings is 1. The number of nitrogens with one attached hydrogen (secondary N) is 3. The number of halogens is 1. The number of anilines is 1. The van der Waals surface area contributed by atoms with Crippen LogP contribution in [0.1, 0.15) is 41.7 Å². The molecule has 0 amide bonds. The van der Waals surface area contributed by atoms with Crippen molar-refractivity contribution in [2.75, 3.05) is 18.9 Å². The minimum absolute atomic E-state index is 0.0402. The molecule has 2 aliphatic heterocycles. The molecule has 0 bridgehead atoms. The van der Waals surface area contributed by atoms with Gasteiger partial charge in [-0.15, -0.1) is 0 Å². The van der Waals surface area contributed by atoms with Gasteiger partial charge in [-0.1, -0.05) is 0 Å². The topological polar surface area (TPSA) is 96.9 Å². The highest BCUT2D eigenvalue weighted by molar-refractivity contribution is 5.83. The maximum Gasteiger partial charge on any atom is 0.322 e. The van der Waals surface area contributed by atoms with E-state index in [1.54, 1.807) is 18.5 Å². The quantitative estimate of drug-likeness (QED) is 0.452. The molecule has 2 aromatic heterocycles. The van der Waals surface area contributed by atoms with Crippen molar-refractivity contribution in [3.63, 3.8) is 0 Å². The molecule has 1 aliphatic carbocycles. The lowest BCUT2D eigenvalue weighted by Gasteiger charge is -2.18. The third-order valence-electron chi connectivity index (χ3n) is 6.64. The summed E-state index contributed by atoms with van der Waals surface area (Å²) in [6.07, 6.45) is 5.83. The van der Waals surface area contributed by atoms with Crippen LogP contribution in [-0.4, -0.2) is 45.6 Å². The van der Waals surface area contributed by atoms with Crippen LogP contribution in [0.4, 0.5) is 10.1 Å². The van der Waals surface area contributed by atoms with E-state index in [1.165, 1.54) is 6.07 Å². The summed E-state index contributed by atoms with van der Waals surface area (Å²) in [5.41, 5.74) is 5.29. The molecule has 0 spiro atoms. The molecular weight excluding hydrogens is 409 g/mol. The van der Waals surface area contributed by atoms with Gasteiger partial charge in [-0.2, -0.15) is 9.97 Å². The summed E-state index contributed by atoms with van der Waals surface area (Å²) < 4.78 is 20.4. The first-order valence-corrected chi connectivity index (χ1v) is 11.0. The van der Waals surface area contributed by atoms with Crippen molar-refractivity contribution in [2.24, 2.45) is 0 Å². The summed E-state index contributed by atoms with van der Waals surface area (Å²) in [4.78, 5) is 17.9. The Morgan fingerprint density at radius 3 is 2.78 bits per heavy atom. The van der Waals surface area contributed by atoms with Crippen molar-refractivity contribution in [1.82, 2.24) is 30.6 Å². The minimum atomic E-state index is -0.276. The van der Waals surface area contributed by atoms with E-state index < -0.39 is 0 Å². The van der Waals surface area contributed by atoms with E-state index in [0.717, 1.165) is 53.2 Å². The third-order valence-corrected chi connectivity index (χ3v) is 6.64. The summed E-state index contributed by atoms with van der Waals surface area (Å²) in [6.45, 7) is 2.85. The first kappa shape index (κ1) is 19.5. The van der Waals surface area contributed by atoms with Crippen LogP contribution in [0.25, 0.3) is 11.1 Å². The highest BCUT2D eigenvalue weighted by atomic mass is 19.1. The molecule has 164 valence electrons. The van der Waals surface area contributed by atoms with E-state index in [4.69, 9.17) is 14.7 Å². The molecule has 0 radical (unpaired) electrons. The van der Waals surface area contributed by atoms with Gasteiger partial charge < -0.3 is 20.7 Å². The van der Waals surface area contributed by atoms with Crippen LogP contribution in [0.2, 0.25) is 0 Å². The zero-order valence-electron chi connectivity index (χ0n) is 17.9. The van der Waals surface area contributed by atoms with Gasteiger partial charge in [-0.3, -0.25) is 0 Å². The second-order valence-electron chi connectivity index (χ2n) is 8.60. The molecule has 3 N–H and O–H groups in total. The van der Waals surface area contributed by atoms with Crippen molar-refractivity contribution < 1.29 is 9.13 Å². The van der Waals surface area contributed by atoms with Gasteiger partial charge in [0.25, 0.3) is 0 Å². The van der Waals surface area contributed by atoms with Gasteiger partial charge in [0.2, 0.25) is 0 Å². The zero-order valence-corrected chi connectivity index (χ0v) is 17.9. The van der Waals surface area contributed by atoms with Crippen LogP contribution >= 0.6 is 0 Å². The predicted octanol–water partition coefficient (Wildman–Crippen LogP) is 2.88. The van der Waals surface area contributed by atoms with E-state index in [2.05, 4.69) is 25.9 Å². The summed E-state index contributed by atoms with van der Waals surface area (Å²) in [7, 11) is 1.81. The fourth-order valence-electron chi connectivity index (χ4n) is 5.19. The predicted molar refractivity (Wildman–Crippen MR) is 117 cm³/mol. The Hall–Kier alpha value is -3.17. The number of ether oxygens (including phenoxy) is 1. The van der Waals surface area contributed by atoms with Crippen molar-refractivity contribution in [2.45, 2.75) is 44.3 Å². The molecule has 3 aliphatic rings. The fraction of sp³-hybridized carbons (Fsp3) is 0.391. The zero-order chi connectivity index (χ0) is 21.8. The van der Waals surface area contributed by atoms with Crippen molar-refractivity contribution in [1.29, 1.82) is 0 Å². The lowest BCUT2D eigenvalue weighted by molar-refractivity contribution is 0.428. The van der Waals surface area contributed by atoms with Crippen molar-refractivity contribution in [3.05, 3.63) is 53.1 Å². The number of aryl methyl sites for hydroxylation is 1. The Morgan fingerprint density at radius 1 is 1.16 bits per heavy atom. The lowest BCUT2D eigenvalue weighted by Crippen LogP contribution is -2.30. The summed E-state index contributed by atoms with van der Waals surface area (Å²) in [6, 6.07) is 4.26. The van der Waals surface area contributed by atoms with E-state index in [-0.39, 0.29) is 17.9 Å². The summed E-state index contributed by atoms with van der Waals surface area (Å²) >= 11 is 0. The number of hydrogen-bond acceptors (Lipinski definition) is 8. The molecule has 0 saturated carbocycles. The SMILES string of the molecule is CNc1cc(F)cc2c1Cc1nc(Oc3cnc(C)nc3)nc(C3C[C@@H]4NCC[C@@H]4N3)c1-2. The monoisotopic (exact) mass is 433 g/mol. The summed E-state index contributed by atoms with van der Waals surface area (Å²) in [5.74, 6) is 0.873. The average molecular weight is 433 g/mol. The molecule has 32 heavy (non-hydrogen) atoms. The molecule has 2 fully saturated rings. The molecule has 8 nitrogen and oxygen atoms in total. The molecule has 4 heterocycles. The number of hydrogen-bond donors (Lipinski definition) is 3. The van der Waals surface area contributed by atoms with Gasteiger partial charge in [0.1, 0.15) is 11.6 Å². The van der Waals surface area contributed by atoms with E-state index in [9.17, 15) is 4.39 Å². The van der Waals surface area contributed by atoms with E-state index in [1.807, 2.05) is 14.0 Å². The summed E-state index contributed by atoms with van der Waals surface area (Å²) in [5, 5.41) is 10.4. The molecule has 6 rings (SSSR count). The van der Waals surface area contributed by atoms with Gasteiger partial charge >= 0.3 is 6.01 Å². The van der Waals surface area contributed by atoms with Gasteiger partial charge in [-0.05, 0) is 49.6 Å². The van der Waals surface area contributed by atoms with Gasteiger partial charge in [0, 0.05) is 36.8 Å². The number of aromatic nitrogens is 4. The molecule has 1 unspecified atom stereocenters. The minimum Gasteiger partial charge on any atom is -0.421 e. The second kappa shape index (κ2) is 7.46. The van der Waals surface area contributed by atoms with Gasteiger partial charge in [0.05, 0.1) is 29.8 Å². The highest BCUT2D eigenvalue weighted by Gasteiger charge is 2.40. The van der Waals surface area contributed by atoms with Crippen LogP contribution in [0.3, 0.4) is 0 Å². The third kappa shape index (κ3) is 3.20. The second-order valence-corrected chi connectivity index (χ2v) is 8.60. The van der Waals surface area contributed by atoms with Crippen LogP contribution in [0.15, 0.2) is 24.5 Å². The van der Waals surface area contributed by atoms with Crippen LogP contribution in [0.5, 0.6) is 11.8 Å². The Labute approximate surface area is 185 Å². The Bertz CT molecular complexity index is 1190. The van der Waals surface area contributed by atoms with E-state index >= 15 is 0 Å².